The second-order valence-electron chi connectivity index (χ2n) is 7.03. The lowest BCUT2D eigenvalue weighted by molar-refractivity contribution is 0.170. The maximum Gasteiger partial charge on any atom is 0.318 e. The molecule has 1 aromatic heterocycles. The van der Waals surface area contributed by atoms with Crippen LogP contribution in [0.15, 0.2) is 30.3 Å². The molecule has 0 radical (unpaired) electrons. The van der Waals surface area contributed by atoms with Crippen molar-refractivity contribution in [3.8, 4) is 0 Å². The molecular weight excluding hydrogens is 330 g/mol. The smallest absolute Gasteiger partial charge is 0.318 e. The zero-order chi connectivity index (χ0) is 17.9. The zero-order valence-corrected chi connectivity index (χ0v) is 15.1. The van der Waals surface area contributed by atoms with E-state index in [1.807, 2.05) is 35.2 Å². The van der Waals surface area contributed by atoms with Crippen molar-refractivity contribution < 1.29 is 9.53 Å². The molecule has 2 aliphatic rings. The van der Waals surface area contributed by atoms with Crippen LogP contribution in [0.25, 0.3) is 0 Å². The number of fused-ring (bicyclic) bond motifs is 3. The van der Waals surface area contributed by atoms with Crippen LogP contribution < -0.4 is 5.32 Å². The molecule has 26 heavy (non-hydrogen) atoms. The maximum atomic E-state index is 12.9. The van der Waals surface area contributed by atoms with Crippen LogP contribution in [0.5, 0.6) is 0 Å². The molecule has 0 unspecified atom stereocenters. The highest BCUT2D eigenvalue weighted by Gasteiger charge is 2.41. The Kier molecular flexibility index (Phi) is 4.88. The van der Waals surface area contributed by atoms with Crippen LogP contribution in [-0.4, -0.2) is 51.5 Å². The van der Waals surface area contributed by atoms with E-state index in [0.29, 0.717) is 13.2 Å². The van der Waals surface area contributed by atoms with Crippen molar-refractivity contribution in [2.24, 2.45) is 0 Å². The molecule has 1 saturated heterocycles. The SMILES string of the molecule is COCCc1nnc2n1C[C@H]1CC[C@@H](C2)N1C(=O)NCc1ccccc1. The molecule has 3 heterocycles. The molecule has 138 valence electrons. The highest BCUT2D eigenvalue weighted by Crippen LogP contribution is 2.31. The van der Waals surface area contributed by atoms with Gasteiger partial charge in [0.25, 0.3) is 0 Å². The monoisotopic (exact) mass is 355 g/mol. The minimum atomic E-state index is 0.0264. The van der Waals surface area contributed by atoms with Gasteiger partial charge < -0.3 is 19.5 Å². The van der Waals surface area contributed by atoms with Crippen LogP contribution in [-0.2, 0) is 30.7 Å². The minimum absolute atomic E-state index is 0.0264. The minimum Gasteiger partial charge on any atom is -0.384 e. The van der Waals surface area contributed by atoms with E-state index >= 15 is 0 Å². The summed E-state index contributed by atoms with van der Waals surface area (Å²) in [7, 11) is 1.69. The third-order valence-electron chi connectivity index (χ3n) is 5.39. The quantitative estimate of drug-likeness (QED) is 0.887. The van der Waals surface area contributed by atoms with E-state index < -0.39 is 0 Å². The summed E-state index contributed by atoms with van der Waals surface area (Å²) in [6.45, 7) is 1.96. The van der Waals surface area contributed by atoms with Gasteiger partial charge in [0.2, 0.25) is 0 Å². The number of carbonyl (C=O) groups excluding carboxylic acids is 1. The number of rotatable bonds is 5. The normalized spacial score (nSPS) is 21.3. The first-order chi connectivity index (χ1) is 12.8. The molecule has 0 aliphatic carbocycles. The summed E-state index contributed by atoms with van der Waals surface area (Å²) in [4.78, 5) is 14.9. The third-order valence-corrected chi connectivity index (χ3v) is 5.39. The van der Waals surface area contributed by atoms with Crippen molar-refractivity contribution in [2.45, 2.75) is 50.9 Å². The number of nitrogens with one attached hydrogen (secondary N) is 1. The first-order valence-corrected chi connectivity index (χ1v) is 9.26. The Morgan fingerprint density at radius 1 is 1.23 bits per heavy atom. The summed E-state index contributed by atoms with van der Waals surface area (Å²) in [6, 6.07) is 10.5. The standard InChI is InChI=1S/C19H25N5O2/c1-26-10-9-17-21-22-18-11-15-7-8-16(13-23(17)18)24(15)19(25)20-12-14-5-3-2-4-6-14/h2-6,15-16H,7-13H2,1H3,(H,20,25)/t15-,16+/m0/s1. The molecule has 1 N–H and O–H groups in total. The molecule has 1 aromatic carbocycles. The summed E-state index contributed by atoms with van der Waals surface area (Å²) >= 11 is 0. The number of ether oxygens (including phenoxy) is 1. The first-order valence-electron chi connectivity index (χ1n) is 9.26. The fourth-order valence-corrected chi connectivity index (χ4v) is 4.07. The average Bonchev–Trinajstić information content (AvgIpc) is 3.18. The number of hydrogen-bond acceptors (Lipinski definition) is 4. The zero-order valence-electron chi connectivity index (χ0n) is 15.1. The maximum absolute atomic E-state index is 12.9. The summed E-state index contributed by atoms with van der Waals surface area (Å²) < 4.78 is 7.37. The Bertz CT molecular complexity index is 761. The molecule has 2 amide bonds. The van der Waals surface area contributed by atoms with E-state index in [9.17, 15) is 4.79 Å². The number of aromatic nitrogens is 3. The van der Waals surface area contributed by atoms with Crippen molar-refractivity contribution in [3.05, 3.63) is 47.5 Å². The van der Waals surface area contributed by atoms with Gasteiger partial charge >= 0.3 is 6.03 Å². The van der Waals surface area contributed by atoms with Crippen LogP contribution in [0.1, 0.15) is 30.1 Å². The van der Waals surface area contributed by atoms with Crippen LogP contribution in [0.3, 0.4) is 0 Å². The molecule has 7 heteroatoms. The Balaban J connectivity index is 1.46. The number of nitrogens with zero attached hydrogens (tertiary/aromatic N) is 4. The van der Waals surface area contributed by atoms with Gasteiger partial charge in [-0.05, 0) is 18.4 Å². The number of urea groups is 1. The van der Waals surface area contributed by atoms with Crippen LogP contribution >= 0.6 is 0 Å². The lowest BCUT2D eigenvalue weighted by atomic mass is 10.1. The summed E-state index contributed by atoms with van der Waals surface area (Å²) in [5.41, 5.74) is 1.11. The summed E-state index contributed by atoms with van der Waals surface area (Å²) in [5.74, 6) is 1.95. The van der Waals surface area contributed by atoms with E-state index in [1.54, 1.807) is 7.11 Å². The van der Waals surface area contributed by atoms with Crippen molar-refractivity contribution in [2.75, 3.05) is 13.7 Å². The fourth-order valence-electron chi connectivity index (χ4n) is 4.07. The predicted molar refractivity (Wildman–Crippen MR) is 96.6 cm³/mol. The van der Waals surface area contributed by atoms with E-state index in [-0.39, 0.29) is 18.1 Å². The molecule has 2 aliphatic heterocycles. The molecular formula is C19H25N5O2. The number of amides is 2. The molecule has 4 rings (SSSR count). The van der Waals surface area contributed by atoms with E-state index in [2.05, 4.69) is 20.1 Å². The molecule has 0 saturated carbocycles. The van der Waals surface area contributed by atoms with E-state index in [4.69, 9.17) is 4.74 Å². The largest absolute Gasteiger partial charge is 0.384 e. The molecule has 2 bridgehead atoms. The molecule has 2 atom stereocenters. The highest BCUT2D eigenvalue weighted by atomic mass is 16.5. The van der Waals surface area contributed by atoms with Gasteiger partial charge in [-0.3, -0.25) is 0 Å². The van der Waals surface area contributed by atoms with Crippen molar-refractivity contribution >= 4 is 6.03 Å². The van der Waals surface area contributed by atoms with Gasteiger partial charge in [0.15, 0.2) is 0 Å². The second-order valence-corrected chi connectivity index (χ2v) is 7.03. The molecule has 7 nitrogen and oxygen atoms in total. The number of methoxy groups -OCH3 is 1. The van der Waals surface area contributed by atoms with Gasteiger partial charge in [-0.25, -0.2) is 4.79 Å². The fraction of sp³-hybridized carbons (Fsp3) is 0.526. The molecule has 1 fully saturated rings. The molecule has 0 spiro atoms. The van der Waals surface area contributed by atoms with Gasteiger partial charge in [-0.1, -0.05) is 30.3 Å². The van der Waals surface area contributed by atoms with Gasteiger partial charge in [-0.2, -0.15) is 0 Å². The number of carbonyl (C=O) groups is 1. The second kappa shape index (κ2) is 7.45. The van der Waals surface area contributed by atoms with Gasteiger partial charge in [0.1, 0.15) is 11.6 Å². The topological polar surface area (TPSA) is 72.3 Å². The van der Waals surface area contributed by atoms with E-state index in [1.165, 1.54) is 0 Å². The summed E-state index contributed by atoms with van der Waals surface area (Å²) in [5, 5.41) is 11.8. The Morgan fingerprint density at radius 3 is 2.85 bits per heavy atom. The van der Waals surface area contributed by atoms with E-state index in [0.717, 1.165) is 49.4 Å². The number of benzene rings is 1. The van der Waals surface area contributed by atoms with Crippen LogP contribution in [0.4, 0.5) is 4.79 Å². The molecule has 2 aromatic rings. The first kappa shape index (κ1) is 17.0. The Labute approximate surface area is 153 Å². The van der Waals surface area contributed by atoms with Crippen molar-refractivity contribution in [3.63, 3.8) is 0 Å². The van der Waals surface area contributed by atoms with Crippen molar-refractivity contribution in [1.29, 1.82) is 0 Å². The third kappa shape index (κ3) is 3.31. The number of hydrogen-bond donors (Lipinski definition) is 1. The van der Waals surface area contributed by atoms with Gasteiger partial charge in [0, 0.05) is 39.1 Å². The lowest BCUT2D eigenvalue weighted by Gasteiger charge is -2.28. The van der Waals surface area contributed by atoms with Gasteiger partial charge in [-0.15, -0.1) is 10.2 Å². The van der Waals surface area contributed by atoms with Gasteiger partial charge in [0.05, 0.1) is 12.6 Å². The predicted octanol–water partition coefficient (Wildman–Crippen LogP) is 1.77. The van der Waals surface area contributed by atoms with Crippen molar-refractivity contribution in [1.82, 2.24) is 25.0 Å². The highest BCUT2D eigenvalue weighted by molar-refractivity contribution is 5.75. The van der Waals surface area contributed by atoms with Crippen LogP contribution in [0.2, 0.25) is 0 Å². The Hall–Kier alpha value is -2.41. The lowest BCUT2D eigenvalue weighted by Crippen LogP contribution is -2.47. The summed E-state index contributed by atoms with van der Waals surface area (Å²) in [6.07, 6.45) is 3.59. The Morgan fingerprint density at radius 2 is 2.04 bits per heavy atom. The van der Waals surface area contributed by atoms with Crippen LogP contribution in [0, 0.1) is 0 Å². The average molecular weight is 355 g/mol.